The van der Waals surface area contributed by atoms with Crippen molar-refractivity contribution in [2.75, 3.05) is 48.4 Å². The molecule has 0 saturated carbocycles. The highest BCUT2D eigenvalue weighted by molar-refractivity contribution is 7.89. The summed E-state index contributed by atoms with van der Waals surface area (Å²) < 4.78 is 26.5. The number of aliphatic hydroxyl groups excluding tert-OH is 1. The van der Waals surface area contributed by atoms with Gasteiger partial charge in [0.1, 0.15) is 16.5 Å². The number of aromatic nitrogens is 3. The average molecular weight is 562 g/mol. The van der Waals surface area contributed by atoms with E-state index in [1.54, 1.807) is 31.2 Å². The van der Waals surface area contributed by atoms with Gasteiger partial charge in [-0.05, 0) is 51.4 Å². The third-order valence-electron chi connectivity index (χ3n) is 6.25. The summed E-state index contributed by atoms with van der Waals surface area (Å²) in [4.78, 5) is 29.8. The van der Waals surface area contributed by atoms with E-state index >= 15 is 0 Å². The van der Waals surface area contributed by atoms with E-state index in [2.05, 4.69) is 19.9 Å². The zero-order chi connectivity index (χ0) is 27.4. The smallest absolute Gasteiger partial charge is 0.347 e. The summed E-state index contributed by atoms with van der Waals surface area (Å²) in [5, 5.41) is 22.5. The molecule has 1 aliphatic heterocycles. The Kier molecular flexibility index (Phi) is 8.45. The zero-order valence-corrected chi connectivity index (χ0v) is 23.1. The van der Waals surface area contributed by atoms with Crippen molar-refractivity contribution in [1.29, 1.82) is 0 Å². The summed E-state index contributed by atoms with van der Waals surface area (Å²) in [5.74, 6) is 0.683. The van der Waals surface area contributed by atoms with Crippen molar-refractivity contribution >= 4 is 50.0 Å². The lowest BCUT2D eigenvalue weighted by molar-refractivity contribution is 0.0701. The van der Waals surface area contributed by atoms with Gasteiger partial charge >= 0.3 is 5.97 Å². The molecule has 0 unspecified atom stereocenters. The maximum Gasteiger partial charge on any atom is 0.347 e. The molecule has 0 aliphatic carbocycles. The number of carboxylic acid groups (broad SMARTS) is 1. The van der Waals surface area contributed by atoms with Gasteiger partial charge in [0.2, 0.25) is 16.0 Å². The van der Waals surface area contributed by atoms with E-state index in [0.717, 1.165) is 47.7 Å². The quantitative estimate of drug-likeness (QED) is 0.272. The highest BCUT2D eigenvalue weighted by atomic mass is 32.2. The number of carboxylic acids is 1. The minimum Gasteiger partial charge on any atom is -0.477 e. The van der Waals surface area contributed by atoms with Crippen LogP contribution in [-0.4, -0.2) is 72.8 Å². The van der Waals surface area contributed by atoms with Gasteiger partial charge in [-0.2, -0.15) is 9.97 Å². The maximum atomic E-state index is 12.1. The van der Waals surface area contributed by atoms with Crippen LogP contribution in [0.3, 0.4) is 0 Å². The lowest BCUT2D eigenvalue weighted by Gasteiger charge is -2.34. The fourth-order valence-corrected chi connectivity index (χ4v) is 5.89. The molecule has 4 N–H and O–H groups in total. The van der Waals surface area contributed by atoms with Crippen LogP contribution in [0, 0.1) is 6.92 Å². The summed E-state index contributed by atoms with van der Waals surface area (Å²) >= 11 is 1.02. The third-order valence-corrected chi connectivity index (χ3v) is 8.75. The maximum absolute atomic E-state index is 12.1. The number of thiazole rings is 1. The predicted octanol–water partition coefficient (Wildman–Crippen LogP) is 2.36. The summed E-state index contributed by atoms with van der Waals surface area (Å²) in [5.41, 5.74) is 2.30. The van der Waals surface area contributed by atoms with Crippen molar-refractivity contribution < 1.29 is 23.4 Å². The Morgan fingerprint density at radius 2 is 1.95 bits per heavy atom. The van der Waals surface area contributed by atoms with E-state index in [4.69, 9.17) is 9.97 Å². The molecule has 3 aromatic rings. The van der Waals surface area contributed by atoms with Gasteiger partial charge in [0, 0.05) is 31.7 Å². The number of aliphatic hydroxyl groups is 1. The van der Waals surface area contributed by atoms with Crippen LogP contribution in [-0.2, 0) is 23.0 Å². The first-order valence-electron chi connectivity index (χ1n) is 12.2. The molecule has 204 valence electrons. The van der Waals surface area contributed by atoms with Crippen LogP contribution >= 0.6 is 11.3 Å². The Hall–Kier alpha value is -3.33. The van der Waals surface area contributed by atoms with Gasteiger partial charge in [0.25, 0.3) is 0 Å². The first kappa shape index (κ1) is 27.7. The molecule has 2 aromatic heterocycles. The molecule has 3 heterocycles. The monoisotopic (exact) mass is 561 g/mol. The van der Waals surface area contributed by atoms with Gasteiger partial charge in [0.05, 0.1) is 17.2 Å². The van der Waals surface area contributed by atoms with Crippen LogP contribution in [0.1, 0.15) is 39.8 Å². The van der Waals surface area contributed by atoms with Crippen LogP contribution in [0.4, 0.5) is 22.7 Å². The number of aromatic carboxylic acids is 1. The largest absolute Gasteiger partial charge is 0.477 e. The molecular formula is C24H31N7O5S2. The molecule has 0 spiro atoms. The van der Waals surface area contributed by atoms with Crippen molar-refractivity contribution in [2.45, 2.75) is 38.1 Å². The van der Waals surface area contributed by atoms with E-state index in [1.807, 2.05) is 11.8 Å². The van der Waals surface area contributed by atoms with Crippen LogP contribution in [0.5, 0.6) is 0 Å². The van der Waals surface area contributed by atoms with Crippen LogP contribution in [0.25, 0.3) is 0 Å². The van der Waals surface area contributed by atoms with Gasteiger partial charge < -0.3 is 20.0 Å². The van der Waals surface area contributed by atoms with Crippen molar-refractivity contribution in [3.63, 3.8) is 0 Å². The lowest BCUT2D eigenvalue weighted by Crippen LogP contribution is -2.34. The standard InChI is InChI=1S/C24H31N7O5S2/c1-4-30(12-13-32)20-18-6-5-11-31(14-16-7-9-17(10-8-16)38(35,36)25-3)21(18)28-23(27-20)29-24-26-15(2)19(37-24)22(33)34/h7-10,25,32H,4-6,11-14H2,1-3H3,(H,33,34)(H,26,27,28,29). The summed E-state index contributed by atoms with van der Waals surface area (Å²) in [7, 11) is -2.14. The number of benzene rings is 1. The molecule has 1 aromatic carbocycles. The molecule has 4 rings (SSSR count). The molecule has 38 heavy (non-hydrogen) atoms. The number of likely N-dealkylation sites (N-methyl/N-ethyl adjacent to an activating group) is 1. The molecule has 14 heteroatoms. The number of rotatable bonds is 11. The first-order chi connectivity index (χ1) is 18.2. The number of aryl methyl sites for hydroxylation is 1. The molecule has 0 saturated heterocycles. The number of nitrogens with one attached hydrogen (secondary N) is 2. The molecule has 12 nitrogen and oxygen atoms in total. The van der Waals surface area contributed by atoms with Crippen LogP contribution in [0.2, 0.25) is 0 Å². The SMILES string of the molecule is CCN(CCO)c1nc(Nc2nc(C)c(C(=O)O)s2)nc2c1CCCN2Cc1ccc(S(=O)(=O)NC)cc1. The fraction of sp³-hybridized carbons (Fsp3) is 0.417. The van der Waals surface area contributed by atoms with Crippen LogP contribution < -0.4 is 19.8 Å². The summed E-state index contributed by atoms with van der Waals surface area (Å²) in [6.45, 7) is 5.87. The average Bonchev–Trinajstić information content (AvgIpc) is 3.27. The number of nitrogens with zero attached hydrogens (tertiary/aromatic N) is 5. The van der Waals surface area contributed by atoms with E-state index in [1.165, 1.54) is 7.05 Å². The minimum absolute atomic E-state index is 0.0331. The Bertz CT molecular complexity index is 1410. The molecule has 0 radical (unpaired) electrons. The topological polar surface area (TPSA) is 161 Å². The molecule has 1 aliphatic rings. The number of fused-ring (bicyclic) bond motifs is 1. The zero-order valence-electron chi connectivity index (χ0n) is 21.4. The second-order valence-electron chi connectivity index (χ2n) is 8.72. The second-order valence-corrected chi connectivity index (χ2v) is 11.6. The van der Waals surface area contributed by atoms with E-state index in [0.29, 0.717) is 36.3 Å². The second kappa shape index (κ2) is 11.6. The Morgan fingerprint density at radius 3 is 2.55 bits per heavy atom. The first-order valence-corrected chi connectivity index (χ1v) is 14.5. The lowest BCUT2D eigenvalue weighted by atomic mass is 10.0. The van der Waals surface area contributed by atoms with E-state index < -0.39 is 16.0 Å². The van der Waals surface area contributed by atoms with Gasteiger partial charge in [-0.1, -0.05) is 23.5 Å². The number of carbonyl (C=O) groups is 1. The van der Waals surface area contributed by atoms with Crippen molar-refractivity contribution in [2.24, 2.45) is 0 Å². The molecule has 0 fully saturated rings. The van der Waals surface area contributed by atoms with Crippen molar-refractivity contribution in [3.8, 4) is 0 Å². The Labute approximate surface area is 225 Å². The van der Waals surface area contributed by atoms with Crippen LogP contribution in [0.15, 0.2) is 29.2 Å². The highest BCUT2D eigenvalue weighted by Crippen LogP contribution is 2.35. The normalized spacial score (nSPS) is 13.3. The van der Waals surface area contributed by atoms with Gasteiger partial charge in [-0.15, -0.1) is 0 Å². The van der Waals surface area contributed by atoms with Gasteiger partial charge in [0.15, 0.2) is 5.13 Å². The molecular weight excluding hydrogens is 530 g/mol. The number of hydrogen-bond donors (Lipinski definition) is 4. The predicted molar refractivity (Wildman–Crippen MR) is 146 cm³/mol. The Balaban J connectivity index is 1.71. The number of hydrogen-bond acceptors (Lipinski definition) is 11. The third kappa shape index (κ3) is 5.88. The Morgan fingerprint density at radius 1 is 1.21 bits per heavy atom. The van der Waals surface area contributed by atoms with E-state index in [9.17, 15) is 23.4 Å². The number of anilines is 4. The summed E-state index contributed by atoms with van der Waals surface area (Å²) in [6.07, 6.45) is 1.65. The molecule has 0 bridgehead atoms. The highest BCUT2D eigenvalue weighted by Gasteiger charge is 2.27. The minimum atomic E-state index is -3.52. The van der Waals surface area contributed by atoms with Gasteiger partial charge in [-0.3, -0.25) is 5.32 Å². The van der Waals surface area contributed by atoms with Crippen molar-refractivity contribution in [1.82, 2.24) is 19.7 Å². The number of sulfonamides is 1. The van der Waals surface area contributed by atoms with Gasteiger partial charge in [-0.25, -0.2) is 22.9 Å². The summed E-state index contributed by atoms with van der Waals surface area (Å²) in [6, 6.07) is 6.73. The van der Waals surface area contributed by atoms with Crippen molar-refractivity contribution in [3.05, 3.63) is 46.0 Å². The molecule has 0 amide bonds. The fourth-order valence-electron chi connectivity index (χ4n) is 4.36. The molecule has 0 atom stereocenters. The van der Waals surface area contributed by atoms with E-state index in [-0.39, 0.29) is 22.3 Å².